The highest BCUT2D eigenvalue weighted by atomic mass is 16.5. The van der Waals surface area contributed by atoms with Crippen LogP contribution in [0, 0.1) is 12.3 Å². The Morgan fingerprint density at radius 3 is 2.88 bits per heavy atom. The van der Waals surface area contributed by atoms with Crippen LogP contribution in [-0.4, -0.2) is 24.7 Å². The van der Waals surface area contributed by atoms with Crippen molar-refractivity contribution in [3.63, 3.8) is 0 Å². The van der Waals surface area contributed by atoms with Crippen molar-refractivity contribution in [2.75, 3.05) is 19.8 Å². The molecule has 0 radical (unpaired) electrons. The van der Waals surface area contributed by atoms with Crippen molar-refractivity contribution < 1.29 is 4.74 Å². The van der Waals surface area contributed by atoms with E-state index >= 15 is 0 Å². The summed E-state index contributed by atoms with van der Waals surface area (Å²) in [4.78, 5) is 4.18. The highest BCUT2D eigenvalue weighted by Gasteiger charge is 2.33. The molecule has 1 aliphatic rings. The molecule has 1 unspecified atom stereocenters. The van der Waals surface area contributed by atoms with Gasteiger partial charge in [0.2, 0.25) is 0 Å². The van der Waals surface area contributed by atoms with Crippen LogP contribution in [-0.2, 0) is 4.74 Å². The van der Waals surface area contributed by atoms with Crippen LogP contribution in [0.3, 0.4) is 0 Å². The molecule has 1 fully saturated rings. The summed E-state index contributed by atoms with van der Waals surface area (Å²) < 4.78 is 5.25. The molecule has 16 heavy (non-hydrogen) atoms. The van der Waals surface area contributed by atoms with Crippen LogP contribution in [0.25, 0.3) is 0 Å². The minimum Gasteiger partial charge on any atom is -0.380 e. The van der Waals surface area contributed by atoms with Crippen molar-refractivity contribution in [3.05, 3.63) is 29.6 Å². The molecule has 2 rings (SSSR count). The van der Waals surface area contributed by atoms with Gasteiger partial charge in [0.25, 0.3) is 0 Å². The van der Waals surface area contributed by atoms with E-state index in [-0.39, 0.29) is 0 Å². The SMILES string of the molecule is Cc1ccncc1C(C)NCC1(C)COC1. The van der Waals surface area contributed by atoms with Crippen molar-refractivity contribution in [3.8, 4) is 0 Å². The molecule has 3 heteroatoms. The monoisotopic (exact) mass is 220 g/mol. The van der Waals surface area contributed by atoms with E-state index in [0.29, 0.717) is 11.5 Å². The van der Waals surface area contributed by atoms with Gasteiger partial charge in [-0.3, -0.25) is 4.98 Å². The molecule has 0 spiro atoms. The Hall–Kier alpha value is -0.930. The van der Waals surface area contributed by atoms with Gasteiger partial charge in [-0.1, -0.05) is 6.92 Å². The van der Waals surface area contributed by atoms with E-state index in [1.807, 2.05) is 12.4 Å². The number of hydrogen-bond donors (Lipinski definition) is 1. The topological polar surface area (TPSA) is 34.2 Å². The normalized spacial score (nSPS) is 20.2. The molecule has 88 valence electrons. The van der Waals surface area contributed by atoms with E-state index in [2.05, 4.69) is 37.1 Å². The molecular weight excluding hydrogens is 200 g/mol. The third-order valence-corrected chi connectivity index (χ3v) is 3.28. The van der Waals surface area contributed by atoms with Gasteiger partial charge < -0.3 is 10.1 Å². The van der Waals surface area contributed by atoms with E-state index in [4.69, 9.17) is 4.74 Å². The third-order valence-electron chi connectivity index (χ3n) is 3.28. The van der Waals surface area contributed by atoms with Crippen LogP contribution >= 0.6 is 0 Å². The second kappa shape index (κ2) is 4.52. The van der Waals surface area contributed by atoms with Crippen LogP contribution in [0.15, 0.2) is 18.5 Å². The first kappa shape index (κ1) is 11.6. The lowest BCUT2D eigenvalue weighted by molar-refractivity contribution is -0.0999. The average Bonchev–Trinajstić information content (AvgIpc) is 2.24. The van der Waals surface area contributed by atoms with Crippen molar-refractivity contribution in [1.29, 1.82) is 0 Å². The summed E-state index contributed by atoms with van der Waals surface area (Å²) in [5.74, 6) is 0. The lowest BCUT2D eigenvalue weighted by Gasteiger charge is -2.39. The summed E-state index contributed by atoms with van der Waals surface area (Å²) in [7, 11) is 0. The number of rotatable bonds is 4. The van der Waals surface area contributed by atoms with Gasteiger partial charge in [-0.15, -0.1) is 0 Å². The Morgan fingerprint density at radius 1 is 1.56 bits per heavy atom. The molecule has 0 saturated carbocycles. The van der Waals surface area contributed by atoms with Gasteiger partial charge in [0.1, 0.15) is 0 Å². The van der Waals surface area contributed by atoms with Gasteiger partial charge >= 0.3 is 0 Å². The number of pyridine rings is 1. The molecule has 1 atom stereocenters. The molecule has 1 aromatic heterocycles. The van der Waals surface area contributed by atoms with E-state index in [9.17, 15) is 0 Å². The maximum Gasteiger partial charge on any atom is 0.0554 e. The fourth-order valence-corrected chi connectivity index (χ4v) is 1.99. The highest BCUT2D eigenvalue weighted by Crippen LogP contribution is 2.26. The van der Waals surface area contributed by atoms with Crippen LogP contribution in [0.4, 0.5) is 0 Å². The Bertz CT molecular complexity index is 361. The van der Waals surface area contributed by atoms with Crippen LogP contribution in [0.2, 0.25) is 0 Å². The molecule has 0 aromatic carbocycles. The molecule has 3 nitrogen and oxygen atoms in total. The molecule has 0 bridgehead atoms. The maximum absolute atomic E-state index is 5.25. The molecule has 1 aromatic rings. The first-order valence-electron chi connectivity index (χ1n) is 5.82. The predicted octanol–water partition coefficient (Wildman–Crippen LogP) is 2.08. The number of nitrogens with zero attached hydrogens (tertiary/aromatic N) is 1. The third kappa shape index (κ3) is 2.42. The highest BCUT2D eigenvalue weighted by molar-refractivity contribution is 5.24. The van der Waals surface area contributed by atoms with Gasteiger partial charge in [0.15, 0.2) is 0 Å². The predicted molar refractivity (Wildman–Crippen MR) is 64.3 cm³/mol. The fraction of sp³-hybridized carbons (Fsp3) is 0.615. The number of aryl methyl sites for hydroxylation is 1. The van der Waals surface area contributed by atoms with Gasteiger partial charge in [0, 0.05) is 30.4 Å². The summed E-state index contributed by atoms with van der Waals surface area (Å²) in [5, 5.41) is 3.56. The number of ether oxygens (including phenoxy) is 1. The second-order valence-corrected chi connectivity index (χ2v) is 5.14. The molecular formula is C13H20N2O. The van der Waals surface area contributed by atoms with Crippen molar-refractivity contribution in [2.45, 2.75) is 26.8 Å². The number of aromatic nitrogens is 1. The molecule has 0 aliphatic carbocycles. The lowest BCUT2D eigenvalue weighted by Crippen LogP contribution is -2.47. The molecule has 1 saturated heterocycles. The lowest BCUT2D eigenvalue weighted by atomic mass is 9.88. The zero-order valence-electron chi connectivity index (χ0n) is 10.3. The summed E-state index contributed by atoms with van der Waals surface area (Å²) in [6, 6.07) is 2.41. The van der Waals surface area contributed by atoms with Crippen LogP contribution < -0.4 is 5.32 Å². The Labute approximate surface area is 97.2 Å². The minimum atomic E-state index is 0.324. The van der Waals surface area contributed by atoms with Crippen molar-refractivity contribution >= 4 is 0 Å². The molecule has 1 aliphatic heterocycles. The van der Waals surface area contributed by atoms with E-state index in [0.717, 1.165) is 19.8 Å². The molecule has 2 heterocycles. The molecule has 1 N–H and O–H groups in total. The van der Waals surface area contributed by atoms with Gasteiger partial charge in [0.05, 0.1) is 13.2 Å². The molecule has 0 amide bonds. The number of hydrogen-bond acceptors (Lipinski definition) is 3. The van der Waals surface area contributed by atoms with E-state index in [1.54, 1.807) is 0 Å². The zero-order valence-corrected chi connectivity index (χ0v) is 10.3. The quantitative estimate of drug-likeness (QED) is 0.843. The summed E-state index contributed by atoms with van der Waals surface area (Å²) in [6.45, 7) is 9.32. The number of nitrogens with one attached hydrogen (secondary N) is 1. The van der Waals surface area contributed by atoms with Gasteiger partial charge in [-0.05, 0) is 31.0 Å². The van der Waals surface area contributed by atoms with E-state index in [1.165, 1.54) is 11.1 Å². The first-order chi connectivity index (χ1) is 7.61. The zero-order chi connectivity index (χ0) is 11.6. The summed E-state index contributed by atoms with van der Waals surface area (Å²) in [6.07, 6.45) is 3.79. The first-order valence-corrected chi connectivity index (χ1v) is 5.82. The smallest absolute Gasteiger partial charge is 0.0554 e. The maximum atomic E-state index is 5.25. The van der Waals surface area contributed by atoms with Gasteiger partial charge in [-0.2, -0.15) is 0 Å². The second-order valence-electron chi connectivity index (χ2n) is 5.14. The van der Waals surface area contributed by atoms with Crippen LogP contribution in [0.1, 0.15) is 31.0 Å². The van der Waals surface area contributed by atoms with Crippen LogP contribution in [0.5, 0.6) is 0 Å². The fourth-order valence-electron chi connectivity index (χ4n) is 1.99. The van der Waals surface area contributed by atoms with Gasteiger partial charge in [-0.25, -0.2) is 0 Å². The summed E-state index contributed by atoms with van der Waals surface area (Å²) >= 11 is 0. The van der Waals surface area contributed by atoms with E-state index < -0.39 is 0 Å². The standard InChI is InChI=1S/C13H20N2O/c1-10-4-5-14-6-12(10)11(2)15-7-13(3)8-16-9-13/h4-6,11,15H,7-9H2,1-3H3. The van der Waals surface area contributed by atoms with Crippen molar-refractivity contribution in [2.24, 2.45) is 5.41 Å². The summed E-state index contributed by atoms with van der Waals surface area (Å²) in [5.41, 5.74) is 2.90. The average molecular weight is 220 g/mol. The largest absolute Gasteiger partial charge is 0.380 e. The Kier molecular flexibility index (Phi) is 3.26. The Balaban J connectivity index is 1.93. The minimum absolute atomic E-state index is 0.324. The van der Waals surface area contributed by atoms with Crippen molar-refractivity contribution in [1.82, 2.24) is 10.3 Å². The Morgan fingerprint density at radius 2 is 2.31 bits per heavy atom.